The predicted octanol–water partition coefficient (Wildman–Crippen LogP) is 2.69. The van der Waals surface area contributed by atoms with E-state index < -0.39 is 0 Å². The van der Waals surface area contributed by atoms with E-state index in [2.05, 4.69) is 24.9 Å². The number of benzene rings is 1. The highest BCUT2D eigenvalue weighted by Gasteiger charge is 2.44. The normalized spacial score (nSPS) is 32.9. The van der Waals surface area contributed by atoms with E-state index in [1.807, 2.05) is 12.1 Å². The molecular weight excluding hydrogens is 210 g/mol. The molecule has 0 spiro atoms. The zero-order valence-corrected chi connectivity index (χ0v) is 10.7. The van der Waals surface area contributed by atoms with Gasteiger partial charge < -0.3 is 10.0 Å². The van der Waals surface area contributed by atoms with Crippen LogP contribution in [-0.2, 0) is 11.8 Å². The molecule has 0 amide bonds. The standard InChI is InChI=1S/C15H21NO/c1-15-8-3-9-16(2)14(15)7-5-11-4-6-12(17)10-13(11)15/h4,6,10,14,17H,3,5,7-9H2,1-2H3/t14-,15+/m1/s1. The molecule has 3 rings (SSSR count). The topological polar surface area (TPSA) is 23.5 Å². The second kappa shape index (κ2) is 3.74. The highest BCUT2D eigenvalue weighted by Crippen LogP contribution is 2.45. The van der Waals surface area contributed by atoms with Crippen LogP contribution in [0.25, 0.3) is 0 Å². The summed E-state index contributed by atoms with van der Waals surface area (Å²) in [5.74, 6) is 0.416. The molecule has 1 heterocycles. The minimum Gasteiger partial charge on any atom is -0.508 e. The van der Waals surface area contributed by atoms with E-state index in [-0.39, 0.29) is 5.41 Å². The average Bonchev–Trinajstić information content (AvgIpc) is 2.29. The summed E-state index contributed by atoms with van der Waals surface area (Å²) in [5.41, 5.74) is 3.07. The molecule has 17 heavy (non-hydrogen) atoms. The Morgan fingerprint density at radius 1 is 1.41 bits per heavy atom. The van der Waals surface area contributed by atoms with Crippen molar-refractivity contribution in [3.63, 3.8) is 0 Å². The molecule has 2 heteroatoms. The summed E-state index contributed by atoms with van der Waals surface area (Å²) in [6.07, 6.45) is 4.92. The summed E-state index contributed by atoms with van der Waals surface area (Å²) in [5, 5.41) is 9.75. The molecule has 1 aliphatic carbocycles. The van der Waals surface area contributed by atoms with E-state index in [9.17, 15) is 5.11 Å². The van der Waals surface area contributed by atoms with Gasteiger partial charge in [0.2, 0.25) is 0 Å². The largest absolute Gasteiger partial charge is 0.508 e. The van der Waals surface area contributed by atoms with Crippen molar-refractivity contribution in [3.05, 3.63) is 29.3 Å². The van der Waals surface area contributed by atoms with Gasteiger partial charge in [-0.2, -0.15) is 0 Å². The predicted molar refractivity (Wildman–Crippen MR) is 69.4 cm³/mol. The van der Waals surface area contributed by atoms with Crippen molar-refractivity contribution in [2.45, 2.75) is 44.1 Å². The van der Waals surface area contributed by atoms with Gasteiger partial charge in [0.25, 0.3) is 0 Å². The van der Waals surface area contributed by atoms with Crippen LogP contribution in [0.1, 0.15) is 37.3 Å². The minimum atomic E-state index is 0.235. The fraction of sp³-hybridized carbons (Fsp3) is 0.600. The molecule has 92 valence electrons. The summed E-state index contributed by atoms with van der Waals surface area (Å²) in [6.45, 7) is 3.60. The SMILES string of the molecule is CN1CCC[C@@]2(C)c3cc(O)ccc3CC[C@@H]12. The van der Waals surface area contributed by atoms with Crippen LogP contribution in [0.4, 0.5) is 0 Å². The van der Waals surface area contributed by atoms with Crippen LogP contribution in [0.3, 0.4) is 0 Å². The van der Waals surface area contributed by atoms with Gasteiger partial charge >= 0.3 is 0 Å². The van der Waals surface area contributed by atoms with E-state index in [4.69, 9.17) is 0 Å². The van der Waals surface area contributed by atoms with Gasteiger partial charge in [0.15, 0.2) is 0 Å². The van der Waals surface area contributed by atoms with Gasteiger partial charge in [-0.05, 0) is 62.5 Å². The zero-order valence-electron chi connectivity index (χ0n) is 10.7. The number of nitrogens with zero attached hydrogens (tertiary/aromatic N) is 1. The van der Waals surface area contributed by atoms with Gasteiger partial charge in [0, 0.05) is 11.5 Å². The molecule has 0 saturated carbocycles. The third kappa shape index (κ3) is 1.58. The van der Waals surface area contributed by atoms with Crippen LogP contribution >= 0.6 is 0 Å². The Morgan fingerprint density at radius 2 is 2.24 bits per heavy atom. The van der Waals surface area contributed by atoms with Crippen molar-refractivity contribution in [2.75, 3.05) is 13.6 Å². The van der Waals surface area contributed by atoms with Crippen molar-refractivity contribution in [3.8, 4) is 5.75 Å². The van der Waals surface area contributed by atoms with Crippen LogP contribution in [-0.4, -0.2) is 29.6 Å². The molecule has 0 aromatic heterocycles. The third-order valence-corrected chi connectivity index (χ3v) is 4.87. The molecular formula is C15H21NO. The second-order valence-corrected chi connectivity index (χ2v) is 5.90. The lowest BCUT2D eigenvalue weighted by atomic mass is 9.63. The molecule has 1 aromatic rings. The molecule has 0 unspecified atom stereocenters. The third-order valence-electron chi connectivity index (χ3n) is 4.87. The number of hydrogen-bond donors (Lipinski definition) is 1. The maximum absolute atomic E-state index is 9.75. The Labute approximate surface area is 103 Å². The number of likely N-dealkylation sites (N-methyl/N-ethyl adjacent to an activating group) is 1. The van der Waals surface area contributed by atoms with Gasteiger partial charge in [-0.3, -0.25) is 0 Å². The van der Waals surface area contributed by atoms with E-state index >= 15 is 0 Å². The highest BCUT2D eigenvalue weighted by atomic mass is 16.3. The number of phenols is 1. The number of rotatable bonds is 0. The molecule has 2 aliphatic rings. The van der Waals surface area contributed by atoms with Gasteiger partial charge in [0.1, 0.15) is 5.75 Å². The summed E-state index contributed by atoms with van der Waals surface area (Å²) < 4.78 is 0. The summed E-state index contributed by atoms with van der Waals surface area (Å²) in [4.78, 5) is 2.51. The first-order valence-corrected chi connectivity index (χ1v) is 6.64. The van der Waals surface area contributed by atoms with Crippen molar-refractivity contribution in [1.82, 2.24) is 4.90 Å². The Hall–Kier alpha value is -1.02. The first kappa shape index (κ1) is 11.1. The molecule has 1 fully saturated rings. The van der Waals surface area contributed by atoms with Crippen LogP contribution in [0, 0.1) is 0 Å². The quantitative estimate of drug-likeness (QED) is 0.742. The lowest BCUT2D eigenvalue weighted by Gasteiger charge is -2.51. The fourth-order valence-corrected chi connectivity index (χ4v) is 3.96. The minimum absolute atomic E-state index is 0.235. The molecule has 1 aromatic carbocycles. The number of likely N-dealkylation sites (tertiary alicyclic amines) is 1. The van der Waals surface area contributed by atoms with Gasteiger partial charge in [-0.25, -0.2) is 0 Å². The molecule has 2 nitrogen and oxygen atoms in total. The van der Waals surface area contributed by atoms with E-state index in [0.717, 1.165) is 6.42 Å². The molecule has 1 aliphatic heterocycles. The van der Waals surface area contributed by atoms with Gasteiger partial charge in [0.05, 0.1) is 0 Å². The maximum Gasteiger partial charge on any atom is 0.115 e. The molecule has 2 atom stereocenters. The van der Waals surface area contributed by atoms with Crippen molar-refractivity contribution >= 4 is 0 Å². The smallest absolute Gasteiger partial charge is 0.115 e. The van der Waals surface area contributed by atoms with Crippen molar-refractivity contribution in [1.29, 1.82) is 0 Å². The number of hydrogen-bond acceptors (Lipinski definition) is 2. The van der Waals surface area contributed by atoms with E-state index in [0.29, 0.717) is 11.8 Å². The Morgan fingerprint density at radius 3 is 3.06 bits per heavy atom. The fourth-order valence-electron chi connectivity index (χ4n) is 3.96. The summed E-state index contributed by atoms with van der Waals surface area (Å²) in [7, 11) is 2.25. The number of phenolic OH excluding ortho intramolecular Hbond substituents is 1. The Balaban J connectivity index is 2.11. The van der Waals surface area contributed by atoms with Crippen molar-refractivity contribution < 1.29 is 5.11 Å². The number of fused-ring (bicyclic) bond motifs is 3. The lowest BCUT2D eigenvalue weighted by Crippen LogP contribution is -2.54. The number of piperidine rings is 1. The second-order valence-electron chi connectivity index (χ2n) is 5.90. The van der Waals surface area contributed by atoms with E-state index in [1.54, 1.807) is 0 Å². The van der Waals surface area contributed by atoms with Gasteiger partial charge in [-0.15, -0.1) is 0 Å². The van der Waals surface area contributed by atoms with Crippen LogP contribution < -0.4 is 0 Å². The van der Waals surface area contributed by atoms with Crippen LogP contribution in [0.2, 0.25) is 0 Å². The maximum atomic E-state index is 9.75. The molecule has 1 saturated heterocycles. The monoisotopic (exact) mass is 231 g/mol. The Bertz CT molecular complexity index is 443. The first-order chi connectivity index (χ1) is 8.11. The van der Waals surface area contributed by atoms with E-state index in [1.165, 1.54) is 36.9 Å². The highest BCUT2D eigenvalue weighted by molar-refractivity contribution is 5.43. The van der Waals surface area contributed by atoms with Crippen LogP contribution in [0.15, 0.2) is 18.2 Å². The molecule has 0 radical (unpaired) electrons. The van der Waals surface area contributed by atoms with Crippen molar-refractivity contribution in [2.24, 2.45) is 0 Å². The molecule has 0 bridgehead atoms. The average molecular weight is 231 g/mol. The number of aryl methyl sites for hydroxylation is 1. The lowest BCUT2D eigenvalue weighted by molar-refractivity contribution is 0.0852. The summed E-state index contributed by atoms with van der Waals surface area (Å²) in [6, 6.07) is 6.58. The number of aromatic hydroxyl groups is 1. The summed E-state index contributed by atoms with van der Waals surface area (Å²) >= 11 is 0. The zero-order chi connectivity index (χ0) is 12.0. The first-order valence-electron chi connectivity index (χ1n) is 6.64. The van der Waals surface area contributed by atoms with Gasteiger partial charge in [-0.1, -0.05) is 13.0 Å². The Kier molecular flexibility index (Phi) is 2.44. The molecule has 1 N–H and O–H groups in total. The van der Waals surface area contributed by atoms with Crippen LogP contribution in [0.5, 0.6) is 5.75 Å².